The molecular formula is C12H25N3O5P+. The zero-order valence-corrected chi connectivity index (χ0v) is 13.9. The molecule has 0 heterocycles. The SMILES string of the molecule is CCOC(=O)C(C)N[P+](=O)N(CCN)C(C)C(=O)OCC. The van der Waals surface area contributed by atoms with Gasteiger partial charge in [0.1, 0.15) is 6.04 Å². The molecule has 0 amide bonds. The van der Waals surface area contributed by atoms with Crippen molar-refractivity contribution in [3.8, 4) is 0 Å². The molecule has 0 aromatic carbocycles. The Balaban J connectivity index is 4.75. The van der Waals surface area contributed by atoms with Gasteiger partial charge in [-0.2, -0.15) is 0 Å². The summed E-state index contributed by atoms with van der Waals surface area (Å²) in [5.74, 6) is -0.989. The van der Waals surface area contributed by atoms with Crippen molar-refractivity contribution in [2.24, 2.45) is 5.73 Å². The molecule has 0 fully saturated rings. The molecule has 0 spiro atoms. The third-order valence-corrected chi connectivity index (χ3v) is 4.23. The number of rotatable bonds is 10. The van der Waals surface area contributed by atoms with Gasteiger partial charge in [0.25, 0.3) is 0 Å². The van der Waals surface area contributed by atoms with Gasteiger partial charge < -0.3 is 15.2 Å². The van der Waals surface area contributed by atoms with E-state index in [1.54, 1.807) is 27.7 Å². The monoisotopic (exact) mass is 322 g/mol. The van der Waals surface area contributed by atoms with Crippen LogP contribution in [0, 0.1) is 0 Å². The summed E-state index contributed by atoms with van der Waals surface area (Å²) in [5.41, 5.74) is 5.48. The summed E-state index contributed by atoms with van der Waals surface area (Å²) in [6, 6.07) is -1.47. The van der Waals surface area contributed by atoms with Crippen molar-refractivity contribution in [3.05, 3.63) is 0 Å². The number of hydrogen-bond donors (Lipinski definition) is 2. The van der Waals surface area contributed by atoms with E-state index in [2.05, 4.69) is 5.09 Å². The minimum Gasteiger partial charge on any atom is -0.465 e. The number of esters is 2. The van der Waals surface area contributed by atoms with Gasteiger partial charge >= 0.3 is 20.0 Å². The molecule has 9 heteroatoms. The van der Waals surface area contributed by atoms with Gasteiger partial charge in [-0.15, -0.1) is 0 Å². The van der Waals surface area contributed by atoms with E-state index in [1.165, 1.54) is 4.67 Å². The van der Waals surface area contributed by atoms with Gasteiger partial charge in [0.2, 0.25) is 0 Å². The van der Waals surface area contributed by atoms with Gasteiger partial charge in [-0.05, 0) is 32.3 Å². The van der Waals surface area contributed by atoms with Gasteiger partial charge in [0, 0.05) is 6.54 Å². The molecule has 0 saturated heterocycles. The van der Waals surface area contributed by atoms with Crippen LogP contribution in [-0.2, 0) is 23.6 Å². The first-order valence-corrected chi connectivity index (χ1v) is 8.13. The number of hydrogen-bond acceptors (Lipinski definition) is 6. The Morgan fingerprint density at radius 3 is 2.19 bits per heavy atom. The van der Waals surface area contributed by atoms with Crippen molar-refractivity contribution in [1.82, 2.24) is 9.76 Å². The number of nitrogens with zero attached hydrogens (tertiary/aromatic N) is 1. The van der Waals surface area contributed by atoms with Crippen LogP contribution < -0.4 is 10.8 Å². The van der Waals surface area contributed by atoms with Crippen LogP contribution in [0.25, 0.3) is 0 Å². The lowest BCUT2D eigenvalue weighted by Crippen LogP contribution is -2.42. The van der Waals surface area contributed by atoms with E-state index in [0.29, 0.717) is 0 Å². The molecule has 0 aliphatic heterocycles. The van der Waals surface area contributed by atoms with Crippen LogP contribution in [0.3, 0.4) is 0 Å². The van der Waals surface area contributed by atoms with Crippen LogP contribution >= 0.6 is 8.10 Å². The molecule has 0 bridgehead atoms. The molecule has 0 aromatic heterocycles. The van der Waals surface area contributed by atoms with Crippen molar-refractivity contribution in [3.63, 3.8) is 0 Å². The third-order valence-electron chi connectivity index (χ3n) is 2.61. The summed E-state index contributed by atoms with van der Waals surface area (Å²) in [5, 5.41) is 2.62. The number of nitrogens with one attached hydrogen (secondary N) is 1. The lowest BCUT2D eigenvalue weighted by Gasteiger charge is -2.17. The standard InChI is InChI=1S/C12H25N3O5P/c1-5-19-11(16)9(3)14-21(18)15(8-7-13)10(4)12(17)20-6-2/h9-10H,5-8,13H2,1-4H3,(H,14,18)/q+1. The predicted octanol–water partition coefficient (Wildman–Crippen LogP) is 0.397. The highest BCUT2D eigenvalue weighted by molar-refractivity contribution is 7.39. The van der Waals surface area contributed by atoms with E-state index < -0.39 is 32.1 Å². The maximum absolute atomic E-state index is 12.3. The van der Waals surface area contributed by atoms with Crippen molar-refractivity contribution < 1.29 is 23.6 Å². The molecule has 3 unspecified atom stereocenters. The molecule has 0 aliphatic rings. The maximum atomic E-state index is 12.3. The van der Waals surface area contributed by atoms with Crippen molar-refractivity contribution in [1.29, 1.82) is 0 Å². The summed E-state index contributed by atoms with van der Waals surface area (Å²) in [6.07, 6.45) is 0. The summed E-state index contributed by atoms with van der Waals surface area (Å²) >= 11 is 0. The first-order valence-electron chi connectivity index (χ1n) is 6.92. The number of carbonyl (C=O) groups is 2. The predicted molar refractivity (Wildman–Crippen MR) is 78.7 cm³/mol. The fourth-order valence-electron chi connectivity index (χ4n) is 1.52. The zero-order valence-electron chi connectivity index (χ0n) is 13.0. The molecule has 0 saturated carbocycles. The Bertz CT molecular complexity index is 367. The normalized spacial score (nSPS) is 14.5. The second-order valence-corrected chi connectivity index (χ2v) is 5.57. The number of carbonyl (C=O) groups excluding carboxylic acids is 2. The topological polar surface area (TPSA) is 111 Å². The highest BCUT2D eigenvalue weighted by Crippen LogP contribution is 2.26. The molecule has 0 radical (unpaired) electrons. The Hall–Kier alpha value is -1.08. The van der Waals surface area contributed by atoms with E-state index in [4.69, 9.17) is 15.2 Å². The second kappa shape index (κ2) is 10.6. The highest BCUT2D eigenvalue weighted by Gasteiger charge is 2.39. The van der Waals surface area contributed by atoms with Crippen LogP contribution in [-0.4, -0.2) is 55.0 Å². The Labute approximate surface area is 126 Å². The van der Waals surface area contributed by atoms with Gasteiger partial charge in [-0.1, -0.05) is 9.76 Å². The van der Waals surface area contributed by atoms with E-state index in [1.807, 2.05) is 0 Å². The zero-order chi connectivity index (χ0) is 16.4. The van der Waals surface area contributed by atoms with Crippen LogP contribution in [0.15, 0.2) is 0 Å². The van der Waals surface area contributed by atoms with E-state index in [0.717, 1.165) is 0 Å². The smallest absolute Gasteiger partial charge is 0.465 e. The largest absolute Gasteiger partial charge is 0.536 e. The molecule has 3 N–H and O–H groups in total. The average molecular weight is 322 g/mol. The van der Waals surface area contributed by atoms with E-state index in [-0.39, 0.29) is 26.3 Å². The summed E-state index contributed by atoms with van der Waals surface area (Å²) in [6.45, 7) is 7.44. The van der Waals surface area contributed by atoms with Gasteiger partial charge in [-0.3, -0.25) is 9.59 Å². The van der Waals surface area contributed by atoms with Gasteiger partial charge in [-0.25, -0.2) is 0 Å². The quantitative estimate of drug-likeness (QED) is 0.439. The highest BCUT2D eigenvalue weighted by atomic mass is 31.1. The summed E-state index contributed by atoms with van der Waals surface area (Å²) in [7, 11) is -2.16. The first kappa shape index (κ1) is 19.9. The van der Waals surface area contributed by atoms with Crippen molar-refractivity contribution >= 4 is 20.0 Å². The van der Waals surface area contributed by atoms with Crippen LogP contribution in [0.2, 0.25) is 0 Å². The average Bonchev–Trinajstić information content (AvgIpc) is 2.44. The molecule has 21 heavy (non-hydrogen) atoms. The van der Waals surface area contributed by atoms with Crippen LogP contribution in [0.4, 0.5) is 0 Å². The molecule has 8 nitrogen and oxygen atoms in total. The molecule has 0 aromatic rings. The molecule has 3 atom stereocenters. The van der Waals surface area contributed by atoms with Gasteiger partial charge in [0.05, 0.1) is 19.8 Å². The van der Waals surface area contributed by atoms with E-state index in [9.17, 15) is 14.2 Å². The van der Waals surface area contributed by atoms with Crippen LogP contribution in [0.5, 0.6) is 0 Å². The molecule has 0 rings (SSSR count). The lowest BCUT2D eigenvalue weighted by molar-refractivity contribution is -0.147. The fraction of sp³-hybridized carbons (Fsp3) is 0.833. The molecular weight excluding hydrogens is 297 g/mol. The van der Waals surface area contributed by atoms with Gasteiger partial charge in [0.15, 0.2) is 6.04 Å². The minimum absolute atomic E-state index is 0.223. The molecule has 122 valence electrons. The second-order valence-electron chi connectivity index (χ2n) is 4.26. The number of nitrogens with two attached hydrogens (primary N) is 1. The summed E-state index contributed by atoms with van der Waals surface area (Å²) in [4.78, 5) is 23.3. The Morgan fingerprint density at radius 2 is 1.71 bits per heavy atom. The fourth-order valence-corrected chi connectivity index (χ4v) is 2.81. The Kier molecular flexibility index (Phi) is 10.1. The third kappa shape index (κ3) is 6.95. The molecule has 0 aliphatic carbocycles. The summed E-state index contributed by atoms with van der Waals surface area (Å²) < 4.78 is 23.4. The van der Waals surface area contributed by atoms with Crippen LogP contribution in [0.1, 0.15) is 27.7 Å². The Morgan fingerprint density at radius 1 is 1.19 bits per heavy atom. The maximum Gasteiger partial charge on any atom is 0.536 e. The van der Waals surface area contributed by atoms with Crippen molar-refractivity contribution in [2.45, 2.75) is 39.8 Å². The van der Waals surface area contributed by atoms with E-state index >= 15 is 0 Å². The minimum atomic E-state index is -2.16. The van der Waals surface area contributed by atoms with Crippen molar-refractivity contribution in [2.75, 3.05) is 26.3 Å². The first-order chi connectivity index (χ1) is 9.88. The lowest BCUT2D eigenvalue weighted by atomic mass is 10.3. The number of ether oxygens (including phenoxy) is 2.